The maximum absolute atomic E-state index is 12.1. The van der Waals surface area contributed by atoms with Crippen LogP contribution in [0, 0.1) is 35.5 Å². The van der Waals surface area contributed by atoms with Crippen molar-refractivity contribution in [3.05, 3.63) is 24.3 Å². The van der Waals surface area contributed by atoms with Crippen LogP contribution in [0.4, 0.5) is 0 Å². The van der Waals surface area contributed by atoms with E-state index in [9.17, 15) is 19.8 Å². The minimum absolute atomic E-state index is 0.0687. The van der Waals surface area contributed by atoms with Gasteiger partial charge in [0.2, 0.25) is 0 Å². The first-order chi connectivity index (χ1) is 10.5. The molecule has 0 amide bonds. The Morgan fingerprint density at radius 2 is 1.05 bits per heavy atom. The summed E-state index contributed by atoms with van der Waals surface area (Å²) in [5.74, 6) is -1.52. The number of allylic oxidation sites excluding steroid dienone is 4. The van der Waals surface area contributed by atoms with Crippen molar-refractivity contribution in [1.82, 2.24) is 0 Å². The highest BCUT2D eigenvalue weighted by Crippen LogP contribution is 2.74. The van der Waals surface area contributed by atoms with Crippen molar-refractivity contribution >= 4 is 35.5 Å². The lowest BCUT2D eigenvalue weighted by molar-refractivity contribution is -0.141. The molecule has 4 rings (SSSR count). The lowest BCUT2D eigenvalue weighted by Crippen LogP contribution is -2.48. The summed E-state index contributed by atoms with van der Waals surface area (Å²) in [7, 11) is 0. The van der Waals surface area contributed by atoms with Crippen LogP contribution in [0.1, 0.15) is 0 Å². The summed E-state index contributed by atoms with van der Waals surface area (Å²) in [4.78, 5) is 24.2. The number of carbonyl (C=O) groups is 2. The van der Waals surface area contributed by atoms with E-state index >= 15 is 0 Å². The molecular weight excluding hydrogens is 320 g/mol. The fourth-order valence-corrected chi connectivity index (χ4v) is 8.23. The number of rotatable bonds is 4. The van der Waals surface area contributed by atoms with Gasteiger partial charge >= 0.3 is 11.9 Å². The van der Waals surface area contributed by atoms with Crippen molar-refractivity contribution in [2.24, 2.45) is 35.5 Å². The Hall–Kier alpha value is -0.880. The quantitative estimate of drug-likeness (QED) is 0.766. The van der Waals surface area contributed by atoms with Crippen LogP contribution in [-0.4, -0.2) is 44.2 Å². The predicted molar refractivity (Wildman–Crippen MR) is 87.0 cm³/mol. The first-order valence-electron chi connectivity index (χ1n) is 7.40. The highest BCUT2D eigenvalue weighted by molar-refractivity contribution is 8.01. The largest absolute Gasteiger partial charge is 0.480 e. The molecule has 0 aromatic heterocycles. The highest BCUT2D eigenvalue weighted by atomic mass is 32.2. The normalized spacial score (nSPS) is 53.2. The molecule has 0 radical (unpaired) electrons. The molecule has 0 aromatic carbocycles. The summed E-state index contributed by atoms with van der Waals surface area (Å²) in [5.41, 5.74) is 0. The van der Waals surface area contributed by atoms with Gasteiger partial charge < -0.3 is 10.2 Å². The van der Waals surface area contributed by atoms with Crippen LogP contribution in [0.5, 0.6) is 0 Å². The highest BCUT2D eigenvalue weighted by Gasteiger charge is 2.77. The summed E-state index contributed by atoms with van der Waals surface area (Å²) in [6.07, 6.45) is 11.7. The molecule has 4 aliphatic carbocycles. The molecule has 0 aromatic rings. The lowest BCUT2D eigenvalue weighted by Gasteiger charge is -2.36. The fourth-order valence-electron chi connectivity index (χ4n) is 5.85. The van der Waals surface area contributed by atoms with E-state index in [-0.39, 0.29) is 35.5 Å². The van der Waals surface area contributed by atoms with Gasteiger partial charge in [0, 0.05) is 23.7 Å². The second-order valence-electron chi connectivity index (χ2n) is 6.63. The smallest absolute Gasteiger partial charge is 0.321 e. The maximum atomic E-state index is 12.1. The second-order valence-corrected chi connectivity index (χ2v) is 8.80. The van der Waals surface area contributed by atoms with E-state index in [4.69, 9.17) is 0 Å². The van der Waals surface area contributed by atoms with Gasteiger partial charge in [-0.05, 0) is 24.3 Å². The molecule has 2 saturated carbocycles. The van der Waals surface area contributed by atoms with Crippen LogP contribution >= 0.6 is 23.5 Å². The van der Waals surface area contributed by atoms with Crippen LogP contribution in [-0.2, 0) is 9.59 Å². The van der Waals surface area contributed by atoms with E-state index in [1.54, 1.807) is 0 Å². The third kappa shape index (κ3) is 1.24. The molecule has 0 spiro atoms. The van der Waals surface area contributed by atoms with Crippen LogP contribution in [0.3, 0.4) is 0 Å². The van der Waals surface area contributed by atoms with Crippen molar-refractivity contribution in [1.29, 1.82) is 0 Å². The Labute approximate surface area is 137 Å². The van der Waals surface area contributed by atoms with Crippen molar-refractivity contribution in [2.45, 2.75) is 9.49 Å². The van der Waals surface area contributed by atoms with E-state index in [1.165, 1.54) is 23.5 Å². The molecule has 4 aliphatic rings. The zero-order valence-electron chi connectivity index (χ0n) is 12.3. The topological polar surface area (TPSA) is 74.6 Å². The van der Waals surface area contributed by atoms with Gasteiger partial charge in [-0.1, -0.05) is 24.3 Å². The van der Waals surface area contributed by atoms with Crippen molar-refractivity contribution in [2.75, 3.05) is 12.5 Å². The minimum Gasteiger partial charge on any atom is -0.480 e. The zero-order chi connectivity index (χ0) is 15.9. The monoisotopic (exact) mass is 338 g/mol. The molecule has 4 nitrogen and oxygen atoms in total. The number of hydrogen-bond donors (Lipinski definition) is 2. The summed E-state index contributed by atoms with van der Waals surface area (Å²) < 4.78 is -1.68. The van der Waals surface area contributed by atoms with Gasteiger partial charge in [0.1, 0.15) is 9.49 Å². The fraction of sp³-hybridized carbons (Fsp3) is 0.625. The van der Waals surface area contributed by atoms with Gasteiger partial charge in [-0.2, -0.15) is 0 Å². The summed E-state index contributed by atoms with van der Waals surface area (Å²) in [5, 5.41) is 19.9. The van der Waals surface area contributed by atoms with Gasteiger partial charge in [0.25, 0.3) is 0 Å². The second kappa shape index (κ2) is 4.35. The molecule has 22 heavy (non-hydrogen) atoms. The first kappa shape index (κ1) is 14.7. The molecular formula is C16H18O4S2. The molecule has 118 valence electrons. The van der Waals surface area contributed by atoms with E-state index < -0.39 is 21.4 Å². The standard InChI is InChI=1S/C16H18O4S2/c1-21-15(13(17)18)7-3-5-9-11(7)12-8(15)4-6-10(12)16(9,22-2)14(19)20/h3-12H,1-2H3,(H,17,18)(H,19,20)/t7-,8+,9-,10+,11?,12?,15?,16?. The summed E-state index contributed by atoms with van der Waals surface area (Å²) in [6, 6.07) is 0. The molecule has 6 atom stereocenters. The Bertz CT molecular complexity index is 544. The predicted octanol–water partition coefficient (Wildman–Crippen LogP) is 2.22. The number of thioether (sulfide) groups is 2. The van der Waals surface area contributed by atoms with Crippen LogP contribution < -0.4 is 0 Å². The summed E-state index contributed by atoms with van der Waals surface area (Å²) in [6.45, 7) is 0. The van der Waals surface area contributed by atoms with Gasteiger partial charge in [0.15, 0.2) is 0 Å². The molecule has 0 saturated heterocycles. The number of aliphatic carboxylic acids is 2. The average Bonchev–Trinajstić information content (AvgIpc) is 3.15. The van der Waals surface area contributed by atoms with Crippen molar-refractivity contribution in [3.8, 4) is 0 Å². The maximum Gasteiger partial charge on any atom is 0.321 e. The van der Waals surface area contributed by atoms with E-state index in [1.807, 2.05) is 36.8 Å². The average molecular weight is 338 g/mol. The first-order valence-corrected chi connectivity index (χ1v) is 9.85. The third-order valence-electron chi connectivity index (χ3n) is 6.48. The minimum atomic E-state index is -0.838. The summed E-state index contributed by atoms with van der Waals surface area (Å²) >= 11 is 2.85. The molecule has 0 bridgehead atoms. The number of hydrogen-bond acceptors (Lipinski definition) is 4. The van der Waals surface area contributed by atoms with Crippen LogP contribution in [0.25, 0.3) is 0 Å². The Kier molecular flexibility index (Phi) is 2.91. The third-order valence-corrected chi connectivity index (χ3v) is 9.27. The molecule has 6 heteroatoms. The Morgan fingerprint density at radius 3 is 1.23 bits per heavy atom. The van der Waals surface area contributed by atoms with E-state index in [0.29, 0.717) is 0 Å². The zero-order valence-corrected chi connectivity index (χ0v) is 13.9. The number of carboxylic acids is 2. The van der Waals surface area contributed by atoms with Crippen LogP contribution in [0.15, 0.2) is 24.3 Å². The van der Waals surface area contributed by atoms with Crippen LogP contribution in [0.2, 0.25) is 0 Å². The van der Waals surface area contributed by atoms with E-state index in [0.717, 1.165) is 0 Å². The number of carboxylic acid groups (broad SMARTS) is 2. The molecule has 2 fully saturated rings. The van der Waals surface area contributed by atoms with Crippen molar-refractivity contribution < 1.29 is 19.8 Å². The SMILES string of the molecule is CSC1(C(=O)O)[C@@H]2C=C[C@@H]3C2C2[C@@H]1C=C[C@@H]2C3(SC)C(=O)O. The van der Waals surface area contributed by atoms with Gasteiger partial charge in [-0.15, -0.1) is 23.5 Å². The van der Waals surface area contributed by atoms with Crippen molar-refractivity contribution in [3.63, 3.8) is 0 Å². The van der Waals surface area contributed by atoms with Gasteiger partial charge in [0.05, 0.1) is 0 Å². The van der Waals surface area contributed by atoms with Gasteiger partial charge in [-0.25, -0.2) is 0 Å². The molecule has 0 heterocycles. The Morgan fingerprint density at radius 1 is 0.773 bits per heavy atom. The van der Waals surface area contributed by atoms with E-state index in [2.05, 4.69) is 0 Å². The van der Waals surface area contributed by atoms with Gasteiger partial charge in [-0.3, -0.25) is 9.59 Å². The molecule has 2 unspecified atom stereocenters. The Balaban J connectivity index is 1.91. The lowest BCUT2D eigenvalue weighted by atomic mass is 9.82. The molecule has 2 N–H and O–H groups in total. The molecule has 0 aliphatic heterocycles.